The number of thiophene rings is 1. The molecule has 0 atom stereocenters. The number of rotatable bonds is 4. The van der Waals surface area contributed by atoms with Crippen molar-refractivity contribution in [3.05, 3.63) is 58.3 Å². The number of ether oxygens (including phenoxy) is 1. The van der Waals surface area contributed by atoms with E-state index in [1.165, 1.54) is 6.20 Å². The standard InChI is InChI=1S/C14H9ClN2O3S/c15-13-10(3-1-5-16-13)14(18)19-8-9-7-11(20-17-9)12-4-2-6-21-12/h1-7H,8H2. The molecule has 3 heterocycles. The number of carbonyl (C=O) groups is 1. The molecule has 7 heteroatoms. The van der Waals surface area contributed by atoms with Crippen molar-refractivity contribution in [2.24, 2.45) is 0 Å². The minimum Gasteiger partial charge on any atom is -0.455 e. The van der Waals surface area contributed by atoms with Crippen molar-refractivity contribution in [1.82, 2.24) is 10.1 Å². The fourth-order valence-corrected chi connectivity index (χ4v) is 2.54. The fourth-order valence-electron chi connectivity index (χ4n) is 1.67. The van der Waals surface area contributed by atoms with E-state index in [9.17, 15) is 4.79 Å². The second kappa shape index (κ2) is 6.07. The number of hydrogen-bond acceptors (Lipinski definition) is 6. The number of pyridine rings is 1. The fraction of sp³-hybridized carbons (Fsp3) is 0.0714. The average molecular weight is 321 g/mol. The zero-order chi connectivity index (χ0) is 14.7. The molecule has 0 fully saturated rings. The zero-order valence-electron chi connectivity index (χ0n) is 10.7. The summed E-state index contributed by atoms with van der Waals surface area (Å²) in [7, 11) is 0. The molecular weight excluding hydrogens is 312 g/mol. The lowest BCUT2D eigenvalue weighted by molar-refractivity contribution is 0.0464. The van der Waals surface area contributed by atoms with Crippen LogP contribution in [0.3, 0.4) is 0 Å². The molecule has 21 heavy (non-hydrogen) atoms. The molecule has 5 nitrogen and oxygen atoms in total. The van der Waals surface area contributed by atoms with E-state index in [4.69, 9.17) is 20.9 Å². The van der Waals surface area contributed by atoms with Crippen molar-refractivity contribution in [2.45, 2.75) is 6.61 Å². The first-order valence-electron chi connectivity index (χ1n) is 6.01. The Labute approximate surface area is 129 Å². The minimum atomic E-state index is -0.547. The molecule has 3 rings (SSSR count). The van der Waals surface area contributed by atoms with Gasteiger partial charge in [-0.2, -0.15) is 0 Å². The Bertz CT molecular complexity index is 755. The van der Waals surface area contributed by atoms with Crippen LogP contribution in [-0.4, -0.2) is 16.1 Å². The van der Waals surface area contributed by atoms with E-state index in [1.807, 2.05) is 17.5 Å². The number of hydrogen-bond donors (Lipinski definition) is 0. The molecule has 0 bridgehead atoms. The molecule has 0 amide bonds. The molecule has 0 N–H and O–H groups in total. The van der Waals surface area contributed by atoms with Gasteiger partial charge in [0.15, 0.2) is 5.76 Å². The summed E-state index contributed by atoms with van der Waals surface area (Å²) in [6, 6.07) is 8.76. The van der Waals surface area contributed by atoms with Gasteiger partial charge >= 0.3 is 5.97 Å². The van der Waals surface area contributed by atoms with Gasteiger partial charge in [0, 0.05) is 12.3 Å². The van der Waals surface area contributed by atoms with Gasteiger partial charge < -0.3 is 9.26 Å². The second-order valence-corrected chi connectivity index (χ2v) is 5.38. The number of carbonyl (C=O) groups excluding carboxylic acids is 1. The van der Waals surface area contributed by atoms with Crippen molar-refractivity contribution < 1.29 is 14.1 Å². The third-order valence-electron chi connectivity index (χ3n) is 2.65. The van der Waals surface area contributed by atoms with E-state index in [1.54, 1.807) is 29.5 Å². The Morgan fingerprint density at radius 3 is 3.05 bits per heavy atom. The topological polar surface area (TPSA) is 65.2 Å². The first-order valence-corrected chi connectivity index (χ1v) is 7.27. The molecule has 0 aliphatic rings. The van der Waals surface area contributed by atoms with Crippen LogP contribution in [0.1, 0.15) is 16.1 Å². The highest BCUT2D eigenvalue weighted by Gasteiger charge is 2.14. The van der Waals surface area contributed by atoms with E-state index in [0.717, 1.165) is 4.88 Å². The van der Waals surface area contributed by atoms with E-state index >= 15 is 0 Å². The maximum Gasteiger partial charge on any atom is 0.341 e. The summed E-state index contributed by atoms with van der Waals surface area (Å²) >= 11 is 7.37. The number of esters is 1. The highest BCUT2D eigenvalue weighted by molar-refractivity contribution is 7.13. The van der Waals surface area contributed by atoms with Crippen LogP contribution in [0, 0.1) is 0 Å². The van der Waals surface area contributed by atoms with Gasteiger partial charge in [-0.3, -0.25) is 0 Å². The zero-order valence-corrected chi connectivity index (χ0v) is 12.2. The van der Waals surface area contributed by atoms with E-state index in [0.29, 0.717) is 11.5 Å². The van der Waals surface area contributed by atoms with Crippen LogP contribution in [0.4, 0.5) is 0 Å². The highest BCUT2D eigenvalue weighted by Crippen LogP contribution is 2.25. The lowest BCUT2D eigenvalue weighted by atomic mass is 10.3. The number of nitrogens with zero attached hydrogens (tertiary/aromatic N) is 2. The van der Waals surface area contributed by atoms with E-state index in [2.05, 4.69) is 10.1 Å². The van der Waals surface area contributed by atoms with Gasteiger partial charge in [0.2, 0.25) is 0 Å². The first-order chi connectivity index (χ1) is 10.2. The lowest BCUT2D eigenvalue weighted by Crippen LogP contribution is -2.06. The summed E-state index contributed by atoms with van der Waals surface area (Å²) in [6.45, 7) is 0.0128. The van der Waals surface area contributed by atoms with Gasteiger partial charge in [-0.1, -0.05) is 22.8 Å². The molecule has 106 valence electrons. The van der Waals surface area contributed by atoms with Crippen molar-refractivity contribution in [1.29, 1.82) is 0 Å². The largest absolute Gasteiger partial charge is 0.455 e. The number of halogens is 1. The lowest BCUT2D eigenvalue weighted by Gasteiger charge is -2.03. The summed E-state index contributed by atoms with van der Waals surface area (Å²) in [4.78, 5) is 16.7. The van der Waals surface area contributed by atoms with Gasteiger partial charge in [-0.05, 0) is 23.6 Å². The molecule has 3 aromatic heterocycles. The van der Waals surface area contributed by atoms with Gasteiger partial charge in [0.25, 0.3) is 0 Å². The van der Waals surface area contributed by atoms with Crippen LogP contribution in [-0.2, 0) is 11.3 Å². The van der Waals surface area contributed by atoms with Crippen LogP contribution >= 0.6 is 22.9 Å². The van der Waals surface area contributed by atoms with Crippen molar-refractivity contribution >= 4 is 28.9 Å². The maximum absolute atomic E-state index is 11.9. The Kier molecular flexibility index (Phi) is 3.98. The molecule has 0 unspecified atom stereocenters. The second-order valence-electron chi connectivity index (χ2n) is 4.08. The minimum absolute atomic E-state index is 0.0128. The predicted octanol–water partition coefficient (Wildman–Crippen LogP) is 3.81. The smallest absolute Gasteiger partial charge is 0.341 e. The maximum atomic E-state index is 11.9. The molecule has 0 aliphatic heterocycles. The van der Waals surface area contributed by atoms with Crippen LogP contribution in [0.2, 0.25) is 5.15 Å². The van der Waals surface area contributed by atoms with Crippen LogP contribution in [0.15, 0.2) is 46.4 Å². The Balaban J connectivity index is 1.66. The molecule has 0 saturated carbocycles. The summed E-state index contributed by atoms with van der Waals surface area (Å²) in [5.41, 5.74) is 0.757. The van der Waals surface area contributed by atoms with Crippen molar-refractivity contribution in [3.8, 4) is 10.6 Å². The Morgan fingerprint density at radius 2 is 2.29 bits per heavy atom. The van der Waals surface area contributed by atoms with Crippen LogP contribution < -0.4 is 0 Å². The SMILES string of the molecule is O=C(OCc1cc(-c2cccs2)on1)c1cccnc1Cl. The molecule has 0 spiro atoms. The van der Waals surface area contributed by atoms with Gasteiger partial charge in [-0.15, -0.1) is 11.3 Å². The van der Waals surface area contributed by atoms with E-state index in [-0.39, 0.29) is 17.3 Å². The summed E-state index contributed by atoms with van der Waals surface area (Å²) in [5.74, 6) is 0.101. The average Bonchev–Trinajstić information content (AvgIpc) is 3.16. The molecule has 0 aliphatic carbocycles. The molecule has 0 saturated heterocycles. The van der Waals surface area contributed by atoms with Gasteiger partial charge in [0.05, 0.1) is 10.4 Å². The predicted molar refractivity (Wildman–Crippen MR) is 78.2 cm³/mol. The molecule has 3 aromatic rings. The molecule has 0 radical (unpaired) electrons. The van der Waals surface area contributed by atoms with E-state index < -0.39 is 5.97 Å². The Morgan fingerprint density at radius 1 is 1.38 bits per heavy atom. The highest BCUT2D eigenvalue weighted by atomic mass is 35.5. The third-order valence-corrected chi connectivity index (χ3v) is 3.84. The first kappa shape index (κ1) is 13.8. The summed E-state index contributed by atoms with van der Waals surface area (Å²) < 4.78 is 10.3. The number of aromatic nitrogens is 2. The van der Waals surface area contributed by atoms with Crippen molar-refractivity contribution in [2.75, 3.05) is 0 Å². The van der Waals surface area contributed by atoms with Gasteiger partial charge in [0.1, 0.15) is 17.5 Å². The quantitative estimate of drug-likeness (QED) is 0.540. The van der Waals surface area contributed by atoms with Gasteiger partial charge in [-0.25, -0.2) is 9.78 Å². The van der Waals surface area contributed by atoms with Crippen LogP contribution in [0.5, 0.6) is 0 Å². The molecular formula is C14H9ClN2O3S. The third kappa shape index (κ3) is 3.12. The van der Waals surface area contributed by atoms with Crippen molar-refractivity contribution in [3.63, 3.8) is 0 Å². The normalized spacial score (nSPS) is 10.5. The molecule has 0 aromatic carbocycles. The Hall–Kier alpha value is -2.18. The van der Waals surface area contributed by atoms with Crippen LogP contribution in [0.25, 0.3) is 10.6 Å². The summed E-state index contributed by atoms with van der Waals surface area (Å²) in [6.07, 6.45) is 1.50. The summed E-state index contributed by atoms with van der Waals surface area (Å²) in [5, 5.41) is 5.93. The monoisotopic (exact) mass is 320 g/mol.